The van der Waals surface area contributed by atoms with E-state index >= 15 is 0 Å². The fraction of sp³-hybridized carbons (Fsp3) is 0.263. The number of nitrogens with zero attached hydrogens (tertiary/aromatic N) is 1. The minimum absolute atomic E-state index is 0.289. The SMILES string of the molecule is CC(C)c1cccc(O[C@H](C)C(=O)Nc2ccccc2C#N)c1. The summed E-state index contributed by atoms with van der Waals surface area (Å²) in [6.07, 6.45) is -0.663. The van der Waals surface area contributed by atoms with Crippen molar-refractivity contribution in [1.29, 1.82) is 5.26 Å². The molecule has 0 aliphatic carbocycles. The summed E-state index contributed by atoms with van der Waals surface area (Å²) in [4.78, 5) is 12.3. The average molecular weight is 308 g/mol. The van der Waals surface area contributed by atoms with Crippen LogP contribution in [0.25, 0.3) is 0 Å². The quantitative estimate of drug-likeness (QED) is 0.905. The highest BCUT2D eigenvalue weighted by Gasteiger charge is 2.16. The summed E-state index contributed by atoms with van der Waals surface area (Å²) in [6, 6.07) is 16.7. The molecule has 118 valence electrons. The van der Waals surface area contributed by atoms with Gasteiger partial charge in [-0.3, -0.25) is 4.79 Å². The predicted octanol–water partition coefficient (Wildman–Crippen LogP) is 4.09. The number of para-hydroxylation sites is 1. The second kappa shape index (κ2) is 7.46. The number of rotatable bonds is 5. The molecule has 2 rings (SSSR count). The topological polar surface area (TPSA) is 62.1 Å². The van der Waals surface area contributed by atoms with Crippen molar-refractivity contribution in [2.24, 2.45) is 0 Å². The molecule has 1 atom stereocenters. The molecule has 1 N–H and O–H groups in total. The summed E-state index contributed by atoms with van der Waals surface area (Å²) in [5, 5.41) is 11.8. The number of benzene rings is 2. The van der Waals surface area contributed by atoms with Crippen molar-refractivity contribution in [3.8, 4) is 11.8 Å². The maximum absolute atomic E-state index is 12.3. The van der Waals surface area contributed by atoms with Crippen molar-refractivity contribution in [1.82, 2.24) is 0 Å². The van der Waals surface area contributed by atoms with E-state index in [0.29, 0.717) is 22.9 Å². The zero-order chi connectivity index (χ0) is 16.8. The molecule has 2 aromatic rings. The lowest BCUT2D eigenvalue weighted by Gasteiger charge is -2.16. The van der Waals surface area contributed by atoms with Crippen LogP contribution in [-0.4, -0.2) is 12.0 Å². The van der Waals surface area contributed by atoms with Crippen LogP contribution in [0, 0.1) is 11.3 Å². The third-order valence-electron chi connectivity index (χ3n) is 3.51. The molecule has 4 nitrogen and oxygen atoms in total. The summed E-state index contributed by atoms with van der Waals surface area (Å²) < 4.78 is 5.72. The zero-order valence-corrected chi connectivity index (χ0v) is 13.5. The molecule has 23 heavy (non-hydrogen) atoms. The number of carbonyl (C=O) groups is 1. The summed E-state index contributed by atoms with van der Waals surface area (Å²) in [6.45, 7) is 5.90. The van der Waals surface area contributed by atoms with E-state index in [1.807, 2.05) is 24.3 Å². The molecular formula is C19H20N2O2. The maximum Gasteiger partial charge on any atom is 0.265 e. The average Bonchev–Trinajstić information content (AvgIpc) is 2.55. The molecule has 1 amide bonds. The van der Waals surface area contributed by atoms with Crippen LogP contribution in [0.5, 0.6) is 5.75 Å². The Hall–Kier alpha value is -2.80. The van der Waals surface area contributed by atoms with Crippen molar-refractivity contribution >= 4 is 11.6 Å². The highest BCUT2D eigenvalue weighted by molar-refractivity contribution is 5.95. The van der Waals surface area contributed by atoms with Gasteiger partial charge in [-0.05, 0) is 42.7 Å². The standard InChI is InChI=1S/C19H20N2O2/c1-13(2)15-8-6-9-17(11-15)23-14(3)19(22)21-18-10-5-4-7-16(18)12-20/h4-11,13-14H,1-3H3,(H,21,22)/t14-/m1/s1. The number of anilines is 1. The van der Waals surface area contributed by atoms with Gasteiger partial charge in [0.2, 0.25) is 0 Å². The van der Waals surface area contributed by atoms with Crippen molar-refractivity contribution in [2.75, 3.05) is 5.32 Å². The fourth-order valence-electron chi connectivity index (χ4n) is 2.13. The second-order valence-corrected chi connectivity index (χ2v) is 5.63. The zero-order valence-electron chi connectivity index (χ0n) is 13.5. The van der Waals surface area contributed by atoms with Crippen LogP contribution in [-0.2, 0) is 4.79 Å². The Morgan fingerprint density at radius 1 is 1.13 bits per heavy atom. The highest BCUT2D eigenvalue weighted by atomic mass is 16.5. The molecule has 0 unspecified atom stereocenters. The molecule has 0 aromatic heterocycles. The van der Waals surface area contributed by atoms with Gasteiger partial charge < -0.3 is 10.1 Å². The van der Waals surface area contributed by atoms with E-state index in [4.69, 9.17) is 10.00 Å². The minimum Gasteiger partial charge on any atom is -0.481 e. The number of amides is 1. The van der Waals surface area contributed by atoms with E-state index in [-0.39, 0.29) is 5.91 Å². The molecule has 0 saturated carbocycles. The van der Waals surface area contributed by atoms with Gasteiger partial charge in [0.25, 0.3) is 5.91 Å². The van der Waals surface area contributed by atoms with Gasteiger partial charge in [-0.15, -0.1) is 0 Å². The summed E-state index contributed by atoms with van der Waals surface area (Å²) in [5.74, 6) is 0.764. The normalized spacial score (nSPS) is 11.6. The van der Waals surface area contributed by atoms with E-state index in [1.54, 1.807) is 31.2 Å². The van der Waals surface area contributed by atoms with Crippen LogP contribution in [0.15, 0.2) is 48.5 Å². The number of carbonyl (C=O) groups excluding carboxylic acids is 1. The van der Waals surface area contributed by atoms with Gasteiger partial charge >= 0.3 is 0 Å². The van der Waals surface area contributed by atoms with Crippen LogP contribution in [0.3, 0.4) is 0 Å². The first-order chi connectivity index (χ1) is 11.0. The third kappa shape index (κ3) is 4.33. The van der Waals surface area contributed by atoms with Crippen LogP contribution >= 0.6 is 0 Å². The third-order valence-corrected chi connectivity index (χ3v) is 3.51. The van der Waals surface area contributed by atoms with Gasteiger partial charge in [0.15, 0.2) is 6.10 Å². The second-order valence-electron chi connectivity index (χ2n) is 5.63. The fourth-order valence-corrected chi connectivity index (χ4v) is 2.13. The molecule has 0 aliphatic heterocycles. The molecule has 0 aliphatic rings. The van der Waals surface area contributed by atoms with Crippen LogP contribution in [0.4, 0.5) is 5.69 Å². The molecule has 0 spiro atoms. The first kappa shape index (κ1) is 16.6. The Morgan fingerprint density at radius 2 is 1.87 bits per heavy atom. The Kier molecular flexibility index (Phi) is 5.37. The van der Waals surface area contributed by atoms with E-state index in [0.717, 1.165) is 5.56 Å². The number of hydrogen-bond donors (Lipinski definition) is 1. The summed E-state index contributed by atoms with van der Waals surface area (Å²) in [7, 11) is 0. The molecular weight excluding hydrogens is 288 g/mol. The molecule has 0 heterocycles. The highest BCUT2D eigenvalue weighted by Crippen LogP contribution is 2.21. The maximum atomic E-state index is 12.3. The Morgan fingerprint density at radius 3 is 2.57 bits per heavy atom. The lowest BCUT2D eigenvalue weighted by atomic mass is 10.0. The number of nitriles is 1. The first-order valence-electron chi connectivity index (χ1n) is 7.58. The Bertz CT molecular complexity index is 732. The number of hydrogen-bond acceptors (Lipinski definition) is 3. The molecule has 0 radical (unpaired) electrons. The summed E-state index contributed by atoms with van der Waals surface area (Å²) >= 11 is 0. The van der Waals surface area contributed by atoms with Gasteiger partial charge in [-0.25, -0.2) is 0 Å². The lowest BCUT2D eigenvalue weighted by molar-refractivity contribution is -0.122. The Balaban J connectivity index is 2.06. The van der Waals surface area contributed by atoms with Crippen molar-refractivity contribution in [3.63, 3.8) is 0 Å². The van der Waals surface area contributed by atoms with Crippen molar-refractivity contribution in [3.05, 3.63) is 59.7 Å². The molecule has 2 aromatic carbocycles. The van der Waals surface area contributed by atoms with E-state index in [9.17, 15) is 4.79 Å². The van der Waals surface area contributed by atoms with Gasteiger partial charge in [0.1, 0.15) is 11.8 Å². The van der Waals surface area contributed by atoms with Gasteiger partial charge in [0.05, 0.1) is 11.3 Å². The van der Waals surface area contributed by atoms with Crippen molar-refractivity contribution < 1.29 is 9.53 Å². The van der Waals surface area contributed by atoms with Crippen molar-refractivity contribution in [2.45, 2.75) is 32.8 Å². The van der Waals surface area contributed by atoms with Gasteiger partial charge in [-0.2, -0.15) is 5.26 Å². The number of nitrogens with one attached hydrogen (secondary N) is 1. The molecule has 4 heteroatoms. The summed E-state index contributed by atoms with van der Waals surface area (Å²) in [5.41, 5.74) is 2.08. The van der Waals surface area contributed by atoms with E-state index in [2.05, 4.69) is 25.2 Å². The van der Waals surface area contributed by atoms with Crippen LogP contribution in [0.2, 0.25) is 0 Å². The van der Waals surface area contributed by atoms with Crippen LogP contribution < -0.4 is 10.1 Å². The largest absolute Gasteiger partial charge is 0.481 e. The Labute approximate surface area is 136 Å². The van der Waals surface area contributed by atoms with Gasteiger partial charge in [-0.1, -0.05) is 38.1 Å². The molecule has 0 fully saturated rings. The van der Waals surface area contributed by atoms with E-state index in [1.165, 1.54) is 0 Å². The number of ether oxygens (including phenoxy) is 1. The lowest BCUT2D eigenvalue weighted by Crippen LogP contribution is -2.30. The minimum atomic E-state index is -0.663. The molecule has 0 saturated heterocycles. The van der Waals surface area contributed by atoms with Crippen LogP contribution in [0.1, 0.15) is 37.8 Å². The van der Waals surface area contributed by atoms with Gasteiger partial charge in [0, 0.05) is 0 Å². The monoisotopic (exact) mass is 308 g/mol. The van der Waals surface area contributed by atoms with E-state index < -0.39 is 6.10 Å². The first-order valence-corrected chi connectivity index (χ1v) is 7.58. The smallest absolute Gasteiger partial charge is 0.265 e. The molecule has 0 bridgehead atoms. The predicted molar refractivity (Wildman–Crippen MR) is 90.4 cm³/mol.